The number of imidazole rings is 1. The number of hydrogen-bond donors (Lipinski definition) is 10. The van der Waals surface area contributed by atoms with E-state index in [1.54, 1.807) is 13.8 Å². The van der Waals surface area contributed by atoms with Gasteiger partial charge in [-0.15, -0.1) is 10.2 Å². The summed E-state index contributed by atoms with van der Waals surface area (Å²) < 4.78 is 73.7. The highest BCUT2D eigenvalue weighted by molar-refractivity contribution is 6.30. The van der Waals surface area contributed by atoms with Gasteiger partial charge in [0.1, 0.15) is 25.1 Å². The molecule has 0 spiro atoms. The van der Waals surface area contributed by atoms with Crippen LogP contribution in [0.15, 0.2) is 58.8 Å². The number of unbranched alkanes of at least 4 members (excludes halogenated alkanes) is 2. The molecule has 0 aliphatic carbocycles. The van der Waals surface area contributed by atoms with E-state index in [1.165, 1.54) is 6.92 Å². The van der Waals surface area contributed by atoms with Crippen LogP contribution in [0.4, 0.5) is 0 Å². The van der Waals surface area contributed by atoms with Crippen molar-refractivity contribution < 1.29 is 101 Å². The van der Waals surface area contributed by atoms with E-state index in [2.05, 4.69) is 80.0 Å². The first-order valence-corrected chi connectivity index (χ1v) is 41.6. The third kappa shape index (κ3) is 46.7. The van der Waals surface area contributed by atoms with Crippen molar-refractivity contribution in [3.8, 4) is 22.5 Å². The molecule has 2 heterocycles. The van der Waals surface area contributed by atoms with Crippen LogP contribution in [-0.2, 0) is 110 Å². The maximum absolute atomic E-state index is 14.3. The Morgan fingerprint density at radius 2 is 1.05 bits per heavy atom. The van der Waals surface area contributed by atoms with E-state index >= 15 is 0 Å². The molecule has 10 N–H and O–H groups in total. The Labute approximate surface area is 705 Å². The number of hydrogen-bond acceptors (Lipinski definition) is 29. The molecule has 0 saturated heterocycles. The second-order valence-electron chi connectivity index (χ2n) is 29.0. The molecule has 0 fully saturated rings. The summed E-state index contributed by atoms with van der Waals surface area (Å²) in [5, 5.41) is 60.7. The summed E-state index contributed by atoms with van der Waals surface area (Å²) in [6.45, 7) is 26.2. The number of halogens is 1. The minimum atomic E-state index is -1.07. The zero-order chi connectivity index (χ0) is 86.4. The number of nitrogens with zero attached hydrogens (tertiary/aromatic N) is 8. The number of carbonyl (C=O) groups excluding carboxylic acids is 6. The van der Waals surface area contributed by atoms with Crippen LogP contribution in [-0.4, -0.2) is 328 Å². The maximum Gasteiger partial charge on any atom is 0.246 e. The van der Waals surface area contributed by atoms with Crippen LogP contribution in [0.3, 0.4) is 0 Å². The molecule has 0 saturated carbocycles. The first-order chi connectivity index (χ1) is 57.6. The fraction of sp³-hybridized carbons (Fsp3) is 0.704. The predicted octanol–water partition coefficient (Wildman–Crippen LogP) is 4.70. The van der Waals surface area contributed by atoms with Gasteiger partial charge in [-0.2, -0.15) is 5.21 Å². The largest absolute Gasteiger partial charge is 0.411 e. The molecule has 38 heteroatoms. The summed E-state index contributed by atoms with van der Waals surface area (Å²) in [6.07, 6.45) is 5.74. The lowest BCUT2D eigenvalue weighted by atomic mass is 9.93. The molecule has 4 rings (SSSR count). The van der Waals surface area contributed by atoms with Crippen molar-refractivity contribution in [3.63, 3.8) is 0 Å². The molecule has 672 valence electrons. The molecule has 2 aromatic heterocycles. The molecule has 0 aliphatic rings. The van der Waals surface area contributed by atoms with E-state index in [1.807, 2.05) is 87.8 Å². The normalized spacial score (nSPS) is 12.6. The summed E-state index contributed by atoms with van der Waals surface area (Å²) in [5.74, 6) is -1.17. The van der Waals surface area contributed by atoms with Crippen LogP contribution in [0.2, 0.25) is 5.15 Å². The highest BCUT2D eigenvalue weighted by atomic mass is 35.5. The van der Waals surface area contributed by atoms with Crippen LogP contribution in [0.25, 0.3) is 22.5 Å². The molecule has 0 aliphatic heterocycles. The number of ether oxygens (including phenoxy) is 13. The van der Waals surface area contributed by atoms with Crippen molar-refractivity contribution in [1.29, 1.82) is 0 Å². The van der Waals surface area contributed by atoms with Gasteiger partial charge in [0.2, 0.25) is 41.3 Å². The average molecular weight is 1700 g/mol. The Morgan fingerprint density at radius 1 is 0.546 bits per heavy atom. The van der Waals surface area contributed by atoms with Crippen molar-refractivity contribution >= 4 is 58.5 Å². The lowest BCUT2D eigenvalue weighted by Crippen LogP contribution is -2.49. The molecule has 2 aromatic carbocycles. The van der Waals surface area contributed by atoms with Crippen LogP contribution in [0.1, 0.15) is 130 Å². The predicted molar refractivity (Wildman–Crippen MR) is 447 cm³/mol. The minimum Gasteiger partial charge on any atom is -0.411 e. The van der Waals surface area contributed by atoms with Crippen molar-refractivity contribution in [3.05, 3.63) is 70.8 Å². The number of tetrazole rings is 1. The van der Waals surface area contributed by atoms with Crippen molar-refractivity contribution in [2.45, 2.75) is 150 Å². The summed E-state index contributed by atoms with van der Waals surface area (Å²) in [6, 6.07) is 14.8. The Morgan fingerprint density at radius 3 is 1.56 bits per heavy atom. The first kappa shape index (κ1) is 104. The zero-order valence-corrected chi connectivity index (χ0v) is 72.2. The molecule has 0 radical (unpaired) electrons. The lowest BCUT2D eigenvalue weighted by molar-refractivity contribution is -0.133. The standard InChI is InChI=1S/C81H135ClN16O21/c1-10-11-19-72-90-77(82)71(98(72)59-66-20-22-67(23-21-66)68-16-12-13-17-69(68)78-91-95-96-92-78)57-87-79(104)70(89-74(101)58-86-76(103)61-119-60-75(102)85-29-24-65(25-30-88-80(5,6)62(2)93-105)26-32-97(9)81(7,8)63(3)94-106)18-14-15-28-84-73(100)27-33-107-35-37-109-39-41-111-43-45-113-47-49-115-51-53-117-55-56-118-54-52-116-50-48-114-46-44-112-42-40-110-38-36-108-34-31-83-64(4)99/h12-13,16-17,20-23,65,70,88,105-106H,10-11,14-15,18-19,24-61H2,1-9H3,(H,83,99)(H,84,100)(H,85,102)(H,86,103)(H,87,104)(H,89,101)(H,91,92,95,96)/b93-62+,94-63+/t65?,70-/m0/s1. The van der Waals surface area contributed by atoms with Gasteiger partial charge in [0.25, 0.3) is 0 Å². The van der Waals surface area contributed by atoms with Gasteiger partial charge in [-0.05, 0) is 134 Å². The summed E-state index contributed by atoms with van der Waals surface area (Å²) in [5.41, 5.74) is 4.30. The van der Waals surface area contributed by atoms with Gasteiger partial charge in [-0.3, -0.25) is 33.7 Å². The number of rotatable bonds is 74. The monoisotopic (exact) mass is 1700 g/mol. The van der Waals surface area contributed by atoms with E-state index < -0.39 is 60.5 Å². The van der Waals surface area contributed by atoms with Crippen molar-refractivity contribution in [2.75, 3.05) is 218 Å². The van der Waals surface area contributed by atoms with E-state index in [9.17, 15) is 39.2 Å². The lowest BCUT2D eigenvalue weighted by Gasteiger charge is -2.36. The van der Waals surface area contributed by atoms with Gasteiger partial charge >= 0.3 is 0 Å². The number of aromatic nitrogens is 6. The fourth-order valence-electron chi connectivity index (χ4n) is 11.4. The maximum atomic E-state index is 14.3. The highest BCUT2D eigenvalue weighted by Gasteiger charge is 2.29. The Hall–Kier alpha value is -7.83. The van der Waals surface area contributed by atoms with Crippen LogP contribution in [0, 0.1) is 5.92 Å². The van der Waals surface area contributed by atoms with E-state index in [0.29, 0.717) is 233 Å². The van der Waals surface area contributed by atoms with E-state index in [4.69, 9.17) is 78.2 Å². The average Bonchev–Trinajstić information content (AvgIpc) is 1.72. The van der Waals surface area contributed by atoms with Gasteiger partial charge in [0.05, 0.1) is 200 Å². The van der Waals surface area contributed by atoms with Crippen LogP contribution < -0.4 is 37.2 Å². The summed E-state index contributed by atoms with van der Waals surface area (Å²) >= 11 is 6.90. The number of carbonyl (C=O) groups is 6. The topological polar surface area (TPSA) is 447 Å². The van der Waals surface area contributed by atoms with Crippen LogP contribution in [0.5, 0.6) is 0 Å². The molecular weight excluding hydrogens is 1570 g/mol. The molecular formula is C81H135ClN16O21. The Bertz CT molecular complexity index is 3470. The fourth-order valence-corrected chi connectivity index (χ4v) is 11.7. The highest BCUT2D eigenvalue weighted by Crippen LogP contribution is 2.31. The Kier molecular flexibility index (Phi) is 55.7. The smallest absolute Gasteiger partial charge is 0.246 e. The number of aromatic amines is 1. The van der Waals surface area contributed by atoms with Gasteiger partial charge in [0.15, 0.2) is 5.15 Å². The first-order valence-electron chi connectivity index (χ1n) is 41.2. The number of oxime groups is 2. The van der Waals surface area contributed by atoms with Gasteiger partial charge in [-0.1, -0.05) is 83.8 Å². The molecule has 1 unspecified atom stereocenters. The Balaban J connectivity index is 1.12. The van der Waals surface area contributed by atoms with Crippen molar-refractivity contribution in [1.82, 2.24) is 72.3 Å². The SMILES string of the molecule is CCCCc1nc(Cl)c(CNC(=O)[C@H](CCCCNC(=O)CCOCCOCCOCCOCCOCCOCCOCCOCCOCCOCCOCCOCCNC(C)=O)NC(=O)CNC(=O)COCC(=O)NCCC(CCNC(C)(C)/C(C)=N/O)CCN(C)C(C)(C)/C(C)=N/O)n1Cc1ccc(-c2ccccc2-c2nn[nH]n2)cc1. The second kappa shape index (κ2) is 64.1. The molecule has 0 bridgehead atoms. The number of H-pyrrole nitrogens is 1. The van der Waals surface area contributed by atoms with Gasteiger partial charge < -0.3 is 114 Å². The number of nitrogens with one attached hydrogen (secondary N) is 8. The quantitative estimate of drug-likeness (QED) is 0.0124. The van der Waals surface area contributed by atoms with Crippen LogP contribution >= 0.6 is 11.6 Å². The van der Waals surface area contributed by atoms with E-state index in [-0.39, 0.29) is 55.5 Å². The second-order valence-corrected chi connectivity index (χ2v) is 29.3. The number of aryl methyl sites for hydroxylation is 1. The van der Waals surface area contributed by atoms with Gasteiger partial charge in [-0.25, -0.2) is 4.98 Å². The molecule has 2 atom stereocenters. The zero-order valence-electron chi connectivity index (χ0n) is 71.5. The summed E-state index contributed by atoms with van der Waals surface area (Å²) in [7, 11) is 1.97. The molecule has 4 aromatic rings. The van der Waals surface area contributed by atoms with E-state index in [0.717, 1.165) is 53.8 Å². The third-order valence-corrected chi connectivity index (χ3v) is 19.6. The van der Waals surface area contributed by atoms with Crippen molar-refractivity contribution in [2.24, 2.45) is 16.2 Å². The number of amides is 6. The minimum absolute atomic E-state index is 0.0250. The van der Waals surface area contributed by atoms with Gasteiger partial charge in [0, 0.05) is 51.5 Å². The number of benzene rings is 2. The molecule has 6 amide bonds. The molecule has 37 nitrogen and oxygen atoms in total. The molecule has 119 heavy (non-hydrogen) atoms. The summed E-state index contributed by atoms with van der Waals surface area (Å²) in [4.78, 5) is 84.3. The third-order valence-electron chi connectivity index (χ3n) is 19.3.